The smallest absolute Gasteiger partial charge is 0.315 e. The highest BCUT2D eigenvalue weighted by Gasteiger charge is 2.53. The molecule has 27 heavy (non-hydrogen) atoms. The molecule has 2 aromatic carbocycles. The fourth-order valence-electron chi connectivity index (χ4n) is 3.43. The van der Waals surface area contributed by atoms with Gasteiger partial charge in [0.25, 0.3) is 5.91 Å². The number of nitrogens with zero attached hydrogens (tertiary/aromatic N) is 1. The van der Waals surface area contributed by atoms with Crippen LogP contribution in [-0.4, -0.2) is 23.4 Å². The summed E-state index contributed by atoms with van der Waals surface area (Å²) in [4.78, 5) is 27.1. The standard InChI is InChI=1S/C21H22F2N2O2/c1-2-3-4-5-14-25-19(26)21(24-20(25)27,15-6-10-17(22)11-7-15)16-8-12-18(23)13-9-16/h6-13H,2-5,14H2,1H3,(H,24,27). The van der Waals surface area contributed by atoms with Crippen molar-refractivity contribution in [1.82, 2.24) is 10.2 Å². The lowest BCUT2D eigenvalue weighted by Gasteiger charge is -2.28. The second-order valence-corrected chi connectivity index (χ2v) is 6.71. The van der Waals surface area contributed by atoms with E-state index in [0.29, 0.717) is 17.7 Å². The SMILES string of the molecule is CCCCCCN1C(=O)NC(c2ccc(F)cc2)(c2ccc(F)cc2)C1=O. The third kappa shape index (κ3) is 3.56. The first-order valence-corrected chi connectivity index (χ1v) is 9.15. The van der Waals surface area contributed by atoms with Crippen LogP contribution >= 0.6 is 0 Å². The molecule has 0 saturated carbocycles. The molecule has 0 unspecified atom stereocenters. The summed E-state index contributed by atoms with van der Waals surface area (Å²) in [5.41, 5.74) is -0.613. The summed E-state index contributed by atoms with van der Waals surface area (Å²) in [5.74, 6) is -1.32. The van der Waals surface area contributed by atoms with Crippen LogP contribution in [0.15, 0.2) is 48.5 Å². The first-order chi connectivity index (χ1) is 13.0. The van der Waals surface area contributed by atoms with Crippen LogP contribution < -0.4 is 5.32 Å². The molecule has 0 bridgehead atoms. The number of hydrogen-bond donors (Lipinski definition) is 1. The maximum Gasteiger partial charge on any atom is 0.325 e. The number of imide groups is 1. The minimum Gasteiger partial charge on any atom is -0.315 e. The number of benzene rings is 2. The summed E-state index contributed by atoms with van der Waals surface area (Å²) < 4.78 is 26.8. The zero-order valence-electron chi connectivity index (χ0n) is 15.2. The Kier molecular flexibility index (Phi) is 5.54. The Morgan fingerprint density at radius 1 is 0.852 bits per heavy atom. The average molecular weight is 372 g/mol. The van der Waals surface area contributed by atoms with Gasteiger partial charge >= 0.3 is 6.03 Å². The quantitative estimate of drug-likeness (QED) is 0.581. The van der Waals surface area contributed by atoms with Gasteiger partial charge in [-0.1, -0.05) is 50.5 Å². The molecule has 1 saturated heterocycles. The van der Waals surface area contributed by atoms with E-state index in [1.54, 1.807) is 0 Å². The summed E-state index contributed by atoms with van der Waals surface area (Å²) >= 11 is 0. The van der Waals surface area contributed by atoms with Crippen molar-refractivity contribution < 1.29 is 18.4 Å². The van der Waals surface area contributed by atoms with E-state index in [4.69, 9.17) is 0 Å². The third-order valence-corrected chi connectivity index (χ3v) is 4.90. The number of amides is 3. The molecule has 0 aromatic heterocycles. The molecule has 0 aliphatic carbocycles. The van der Waals surface area contributed by atoms with Crippen molar-refractivity contribution >= 4 is 11.9 Å². The molecule has 6 heteroatoms. The number of nitrogens with one attached hydrogen (secondary N) is 1. The van der Waals surface area contributed by atoms with E-state index in [9.17, 15) is 18.4 Å². The largest absolute Gasteiger partial charge is 0.325 e. The van der Waals surface area contributed by atoms with Gasteiger partial charge in [0.15, 0.2) is 5.54 Å². The molecule has 0 atom stereocenters. The van der Waals surface area contributed by atoms with Gasteiger partial charge in [-0.3, -0.25) is 9.69 Å². The van der Waals surface area contributed by atoms with Crippen LogP contribution in [-0.2, 0) is 10.3 Å². The van der Waals surface area contributed by atoms with Gasteiger partial charge in [0.1, 0.15) is 11.6 Å². The van der Waals surface area contributed by atoms with Crippen LogP contribution in [0.1, 0.15) is 43.7 Å². The highest BCUT2D eigenvalue weighted by atomic mass is 19.1. The molecule has 1 N–H and O–H groups in total. The van der Waals surface area contributed by atoms with Gasteiger partial charge in [-0.2, -0.15) is 0 Å². The van der Waals surface area contributed by atoms with Gasteiger partial charge in [-0.05, 0) is 41.8 Å². The van der Waals surface area contributed by atoms with E-state index in [1.165, 1.54) is 53.4 Å². The number of carbonyl (C=O) groups is 2. The predicted molar refractivity (Wildman–Crippen MR) is 98.0 cm³/mol. The Hall–Kier alpha value is -2.76. The van der Waals surface area contributed by atoms with Crippen LogP contribution in [0.3, 0.4) is 0 Å². The summed E-state index contributed by atoms with van der Waals surface area (Å²) in [6.07, 6.45) is 3.73. The fourth-order valence-corrected chi connectivity index (χ4v) is 3.43. The minimum atomic E-state index is -1.48. The molecule has 3 amide bonds. The second-order valence-electron chi connectivity index (χ2n) is 6.71. The van der Waals surface area contributed by atoms with E-state index in [0.717, 1.165) is 25.7 Å². The van der Waals surface area contributed by atoms with E-state index in [1.807, 2.05) is 0 Å². The van der Waals surface area contributed by atoms with Crippen molar-refractivity contribution in [2.75, 3.05) is 6.54 Å². The number of urea groups is 1. The van der Waals surface area contributed by atoms with E-state index in [-0.39, 0.29) is 0 Å². The molecular weight excluding hydrogens is 350 g/mol. The first-order valence-electron chi connectivity index (χ1n) is 9.15. The van der Waals surface area contributed by atoms with Crippen LogP contribution in [0.2, 0.25) is 0 Å². The van der Waals surface area contributed by atoms with Gasteiger partial charge in [0.2, 0.25) is 0 Å². The van der Waals surface area contributed by atoms with Gasteiger partial charge in [0, 0.05) is 6.54 Å². The topological polar surface area (TPSA) is 49.4 Å². The molecule has 1 aliphatic heterocycles. The molecule has 142 valence electrons. The molecule has 3 rings (SSSR count). The number of carbonyl (C=O) groups excluding carboxylic acids is 2. The van der Waals surface area contributed by atoms with Crippen molar-refractivity contribution in [2.24, 2.45) is 0 Å². The zero-order chi connectivity index (χ0) is 19.4. The van der Waals surface area contributed by atoms with Gasteiger partial charge < -0.3 is 5.32 Å². The average Bonchev–Trinajstić information content (AvgIpc) is 2.91. The fraction of sp³-hybridized carbons (Fsp3) is 0.333. The lowest BCUT2D eigenvalue weighted by Crippen LogP contribution is -2.45. The normalized spacial score (nSPS) is 15.9. The number of halogens is 2. The monoisotopic (exact) mass is 372 g/mol. The molecule has 1 heterocycles. The molecule has 2 aromatic rings. The third-order valence-electron chi connectivity index (χ3n) is 4.90. The number of rotatable bonds is 7. The molecule has 1 fully saturated rings. The maximum absolute atomic E-state index is 13.4. The molecule has 4 nitrogen and oxygen atoms in total. The molecular formula is C21H22F2N2O2. The van der Waals surface area contributed by atoms with Crippen LogP contribution in [0.4, 0.5) is 13.6 Å². The van der Waals surface area contributed by atoms with Gasteiger partial charge in [-0.25, -0.2) is 13.6 Å². The molecule has 1 aliphatic rings. The predicted octanol–water partition coefficient (Wildman–Crippen LogP) is 4.34. The van der Waals surface area contributed by atoms with E-state index in [2.05, 4.69) is 12.2 Å². The Labute approximate surface area is 157 Å². The summed E-state index contributed by atoms with van der Waals surface area (Å²) in [7, 11) is 0. The van der Waals surface area contributed by atoms with Crippen LogP contribution in [0.5, 0.6) is 0 Å². The molecule has 0 radical (unpaired) electrons. The van der Waals surface area contributed by atoms with Crippen molar-refractivity contribution in [3.8, 4) is 0 Å². The van der Waals surface area contributed by atoms with Crippen molar-refractivity contribution in [1.29, 1.82) is 0 Å². The Balaban J connectivity index is 2.00. The lowest BCUT2D eigenvalue weighted by atomic mass is 9.82. The Morgan fingerprint density at radius 2 is 1.37 bits per heavy atom. The number of hydrogen-bond acceptors (Lipinski definition) is 2. The van der Waals surface area contributed by atoms with Crippen molar-refractivity contribution in [3.05, 3.63) is 71.3 Å². The highest BCUT2D eigenvalue weighted by Crippen LogP contribution is 2.36. The van der Waals surface area contributed by atoms with Crippen molar-refractivity contribution in [2.45, 2.75) is 38.1 Å². The van der Waals surface area contributed by atoms with Crippen LogP contribution in [0, 0.1) is 11.6 Å². The highest BCUT2D eigenvalue weighted by molar-refractivity contribution is 6.09. The molecule has 0 spiro atoms. The Bertz CT molecular complexity index is 774. The van der Waals surface area contributed by atoms with Gasteiger partial charge in [-0.15, -0.1) is 0 Å². The summed E-state index contributed by atoms with van der Waals surface area (Å²) in [6, 6.07) is 10.3. The van der Waals surface area contributed by atoms with E-state index < -0.39 is 29.1 Å². The lowest BCUT2D eigenvalue weighted by molar-refractivity contribution is -0.130. The minimum absolute atomic E-state index is 0.314. The summed E-state index contributed by atoms with van der Waals surface area (Å²) in [6.45, 7) is 2.40. The van der Waals surface area contributed by atoms with Crippen molar-refractivity contribution in [3.63, 3.8) is 0 Å². The first kappa shape index (κ1) is 19.0. The Morgan fingerprint density at radius 3 is 1.85 bits per heavy atom. The summed E-state index contributed by atoms with van der Waals surface area (Å²) in [5, 5.41) is 2.77. The second kappa shape index (κ2) is 7.86. The maximum atomic E-state index is 13.4. The van der Waals surface area contributed by atoms with E-state index >= 15 is 0 Å². The van der Waals surface area contributed by atoms with Gasteiger partial charge in [0.05, 0.1) is 0 Å². The van der Waals surface area contributed by atoms with Crippen LogP contribution in [0.25, 0.3) is 0 Å². The zero-order valence-corrected chi connectivity index (χ0v) is 15.2. The number of unbranched alkanes of at least 4 members (excludes halogenated alkanes) is 3.